The number of nitrogens with one attached hydrogen (secondary N) is 1. The van der Waals surface area contributed by atoms with Crippen LogP contribution in [0.5, 0.6) is 5.75 Å². The number of piperidine rings is 1. The highest BCUT2D eigenvalue weighted by molar-refractivity contribution is 9.10. The SMILES string of the molecule is COc1ccc([C@H](CNC(=O)c2cc(=O)c3cc(Br)ccc3o2)N2CCCCC2)cc1. The Labute approximate surface area is 189 Å². The van der Waals surface area contributed by atoms with Gasteiger partial charge in [0.05, 0.1) is 18.5 Å². The average Bonchev–Trinajstić information content (AvgIpc) is 2.80. The molecule has 1 aliphatic heterocycles. The van der Waals surface area contributed by atoms with E-state index < -0.39 is 5.91 Å². The van der Waals surface area contributed by atoms with Crippen molar-refractivity contribution in [2.45, 2.75) is 25.3 Å². The van der Waals surface area contributed by atoms with Crippen LogP contribution >= 0.6 is 15.9 Å². The van der Waals surface area contributed by atoms with Gasteiger partial charge in [0.15, 0.2) is 11.2 Å². The summed E-state index contributed by atoms with van der Waals surface area (Å²) in [4.78, 5) is 27.7. The van der Waals surface area contributed by atoms with Crippen molar-refractivity contribution in [3.63, 3.8) is 0 Å². The van der Waals surface area contributed by atoms with Crippen LogP contribution < -0.4 is 15.5 Å². The van der Waals surface area contributed by atoms with E-state index in [0.717, 1.165) is 41.7 Å². The summed E-state index contributed by atoms with van der Waals surface area (Å²) in [6.07, 6.45) is 3.53. The van der Waals surface area contributed by atoms with Crippen LogP contribution in [0.2, 0.25) is 0 Å². The fraction of sp³-hybridized carbons (Fsp3) is 0.333. The molecule has 2 aromatic carbocycles. The molecule has 7 heteroatoms. The monoisotopic (exact) mass is 484 g/mol. The molecule has 0 bridgehead atoms. The summed E-state index contributed by atoms with van der Waals surface area (Å²) in [6, 6.07) is 14.4. The Morgan fingerprint density at radius 2 is 1.87 bits per heavy atom. The number of benzene rings is 2. The van der Waals surface area contributed by atoms with Gasteiger partial charge in [-0.2, -0.15) is 0 Å². The number of rotatable bonds is 6. The van der Waals surface area contributed by atoms with Gasteiger partial charge in [-0.1, -0.05) is 34.5 Å². The summed E-state index contributed by atoms with van der Waals surface area (Å²) in [5.74, 6) is 0.430. The molecule has 1 aromatic heterocycles. The Balaban J connectivity index is 1.54. The van der Waals surface area contributed by atoms with E-state index in [-0.39, 0.29) is 17.2 Å². The van der Waals surface area contributed by atoms with Gasteiger partial charge >= 0.3 is 0 Å². The van der Waals surface area contributed by atoms with E-state index in [1.807, 2.05) is 24.3 Å². The zero-order chi connectivity index (χ0) is 21.8. The first kappa shape index (κ1) is 21.6. The van der Waals surface area contributed by atoms with Gasteiger partial charge < -0.3 is 14.5 Å². The minimum atomic E-state index is -0.391. The standard InChI is InChI=1S/C24H25BrN2O4/c1-30-18-8-5-16(6-9-18)20(27-11-3-2-4-12-27)15-26-24(29)23-14-21(28)19-13-17(25)7-10-22(19)31-23/h5-10,13-14,20H,2-4,11-12,15H2,1H3,(H,26,29)/t20-/m0/s1. The molecule has 4 rings (SSSR count). The van der Waals surface area contributed by atoms with Gasteiger partial charge in [-0.25, -0.2) is 0 Å². The molecule has 1 fully saturated rings. The number of nitrogens with zero attached hydrogens (tertiary/aromatic N) is 1. The van der Waals surface area contributed by atoms with Crippen molar-refractivity contribution in [2.24, 2.45) is 0 Å². The predicted molar refractivity (Wildman–Crippen MR) is 124 cm³/mol. The van der Waals surface area contributed by atoms with Crippen LogP contribution in [-0.4, -0.2) is 37.6 Å². The van der Waals surface area contributed by atoms with Crippen molar-refractivity contribution in [1.29, 1.82) is 0 Å². The molecule has 6 nitrogen and oxygen atoms in total. The van der Waals surface area contributed by atoms with Crippen molar-refractivity contribution in [1.82, 2.24) is 10.2 Å². The van der Waals surface area contributed by atoms with Crippen LogP contribution in [0, 0.1) is 0 Å². The van der Waals surface area contributed by atoms with Crippen molar-refractivity contribution in [3.8, 4) is 5.75 Å². The van der Waals surface area contributed by atoms with Crippen LogP contribution in [0.25, 0.3) is 11.0 Å². The molecule has 0 spiro atoms. The van der Waals surface area contributed by atoms with Crippen molar-refractivity contribution < 1.29 is 13.9 Å². The van der Waals surface area contributed by atoms with Gasteiger partial charge in [0.25, 0.3) is 5.91 Å². The first-order chi connectivity index (χ1) is 15.0. The smallest absolute Gasteiger partial charge is 0.287 e. The van der Waals surface area contributed by atoms with E-state index in [9.17, 15) is 9.59 Å². The van der Waals surface area contributed by atoms with Gasteiger partial charge in [-0.15, -0.1) is 0 Å². The molecule has 1 atom stereocenters. The predicted octanol–water partition coefficient (Wildman–Crippen LogP) is 4.52. The second kappa shape index (κ2) is 9.66. The molecular formula is C24H25BrN2O4. The fourth-order valence-electron chi connectivity index (χ4n) is 4.03. The van der Waals surface area contributed by atoms with Crippen LogP contribution in [0.4, 0.5) is 0 Å². The van der Waals surface area contributed by atoms with Gasteiger partial charge in [-0.3, -0.25) is 14.5 Å². The lowest BCUT2D eigenvalue weighted by Crippen LogP contribution is -2.40. The number of hydrogen-bond donors (Lipinski definition) is 1. The molecule has 162 valence electrons. The van der Waals surface area contributed by atoms with Gasteiger partial charge in [0.2, 0.25) is 0 Å². The largest absolute Gasteiger partial charge is 0.497 e. The highest BCUT2D eigenvalue weighted by atomic mass is 79.9. The maximum Gasteiger partial charge on any atom is 0.287 e. The Kier molecular flexibility index (Phi) is 6.73. The first-order valence-electron chi connectivity index (χ1n) is 10.4. The Hall–Kier alpha value is -2.64. The molecule has 0 radical (unpaired) electrons. The molecule has 3 aromatic rings. The molecule has 1 saturated heterocycles. The van der Waals surface area contributed by atoms with Crippen molar-refractivity contribution in [2.75, 3.05) is 26.7 Å². The molecule has 0 saturated carbocycles. The maximum absolute atomic E-state index is 12.8. The van der Waals surface area contributed by atoms with E-state index in [4.69, 9.17) is 9.15 Å². The number of halogens is 1. The molecule has 0 aliphatic carbocycles. The zero-order valence-corrected chi connectivity index (χ0v) is 19.0. The lowest BCUT2D eigenvalue weighted by atomic mass is 10.0. The molecule has 2 heterocycles. The molecule has 1 N–H and O–H groups in total. The second-order valence-corrected chi connectivity index (χ2v) is 8.63. The average molecular weight is 485 g/mol. The summed E-state index contributed by atoms with van der Waals surface area (Å²) in [7, 11) is 1.65. The normalized spacial score (nSPS) is 15.5. The third-order valence-electron chi connectivity index (χ3n) is 5.70. The molecular weight excluding hydrogens is 460 g/mol. The molecule has 31 heavy (non-hydrogen) atoms. The summed E-state index contributed by atoms with van der Waals surface area (Å²) < 4.78 is 11.8. The summed E-state index contributed by atoms with van der Waals surface area (Å²) >= 11 is 3.35. The Bertz CT molecular complexity index is 1120. The lowest BCUT2D eigenvalue weighted by Gasteiger charge is -2.35. The molecule has 0 unspecified atom stereocenters. The van der Waals surface area contributed by atoms with E-state index in [1.165, 1.54) is 12.5 Å². The van der Waals surface area contributed by atoms with Gasteiger partial charge in [-0.05, 0) is 61.8 Å². The van der Waals surface area contributed by atoms with E-state index in [1.54, 1.807) is 25.3 Å². The van der Waals surface area contributed by atoms with Crippen LogP contribution in [0.15, 0.2) is 62.2 Å². The minimum Gasteiger partial charge on any atom is -0.497 e. The van der Waals surface area contributed by atoms with Gasteiger partial charge in [0.1, 0.15) is 11.3 Å². The number of fused-ring (bicyclic) bond motifs is 1. The fourth-order valence-corrected chi connectivity index (χ4v) is 4.39. The maximum atomic E-state index is 12.8. The van der Waals surface area contributed by atoms with Crippen molar-refractivity contribution >= 4 is 32.8 Å². The zero-order valence-electron chi connectivity index (χ0n) is 17.4. The third-order valence-corrected chi connectivity index (χ3v) is 6.19. The molecule has 1 aliphatic rings. The quantitative estimate of drug-likeness (QED) is 0.556. The summed E-state index contributed by atoms with van der Waals surface area (Å²) in [6.45, 7) is 2.41. The minimum absolute atomic E-state index is 0.0203. The van der Waals surface area contributed by atoms with Crippen LogP contribution in [-0.2, 0) is 0 Å². The van der Waals surface area contributed by atoms with E-state index >= 15 is 0 Å². The van der Waals surface area contributed by atoms with Crippen LogP contribution in [0.1, 0.15) is 41.4 Å². The number of ether oxygens (including phenoxy) is 1. The summed E-state index contributed by atoms with van der Waals surface area (Å²) in [5, 5.41) is 3.41. The number of likely N-dealkylation sites (tertiary alicyclic amines) is 1. The van der Waals surface area contributed by atoms with E-state index in [2.05, 4.69) is 26.1 Å². The second-order valence-electron chi connectivity index (χ2n) is 7.71. The Morgan fingerprint density at radius 1 is 1.13 bits per heavy atom. The van der Waals surface area contributed by atoms with Gasteiger partial charge in [0, 0.05) is 17.1 Å². The number of methoxy groups -OCH3 is 1. The number of carbonyl (C=O) groups excluding carboxylic acids is 1. The first-order valence-corrected chi connectivity index (χ1v) is 11.2. The topological polar surface area (TPSA) is 71.8 Å². The highest BCUT2D eigenvalue weighted by Gasteiger charge is 2.24. The lowest BCUT2D eigenvalue weighted by molar-refractivity contribution is 0.0897. The number of amides is 1. The highest BCUT2D eigenvalue weighted by Crippen LogP contribution is 2.26. The summed E-state index contributed by atoms with van der Waals surface area (Å²) in [5.41, 5.74) is 1.27. The number of hydrogen-bond acceptors (Lipinski definition) is 5. The van der Waals surface area contributed by atoms with Crippen LogP contribution in [0.3, 0.4) is 0 Å². The van der Waals surface area contributed by atoms with Crippen molar-refractivity contribution in [3.05, 3.63) is 74.6 Å². The van der Waals surface area contributed by atoms with E-state index in [0.29, 0.717) is 17.5 Å². The molecule has 1 amide bonds. The number of carbonyl (C=O) groups is 1. The Morgan fingerprint density at radius 3 is 2.58 bits per heavy atom. The third kappa shape index (κ3) is 4.99.